The standard InChI is InChI=1S/C14H16ClN3O/c1-19-9-8-18(10-6-7-10)13-11-4-2-3-5-12(11)16-14(15)17-13/h2-5,10H,6-9H2,1H3. The molecule has 1 aliphatic rings. The molecule has 2 aromatic rings. The molecule has 1 saturated carbocycles. The molecule has 1 fully saturated rings. The quantitative estimate of drug-likeness (QED) is 0.788. The van der Waals surface area contributed by atoms with Gasteiger partial charge in [-0.3, -0.25) is 0 Å². The van der Waals surface area contributed by atoms with Gasteiger partial charge in [-0.1, -0.05) is 12.1 Å². The van der Waals surface area contributed by atoms with Crippen molar-refractivity contribution in [1.29, 1.82) is 0 Å². The van der Waals surface area contributed by atoms with Gasteiger partial charge in [-0.15, -0.1) is 0 Å². The Bertz CT molecular complexity index is 586. The molecule has 4 nitrogen and oxygen atoms in total. The first-order valence-corrected chi connectivity index (χ1v) is 6.85. The highest BCUT2D eigenvalue weighted by Gasteiger charge is 2.31. The van der Waals surface area contributed by atoms with E-state index in [2.05, 4.69) is 14.9 Å². The maximum Gasteiger partial charge on any atom is 0.224 e. The van der Waals surface area contributed by atoms with Crippen LogP contribution >= 0.6 is 11.6 Å². The zero-order valence-corrected chi connectivity index (χ0v) is 11.6. The van der Waals surface area contributed by atoms with Crippen molar-refractivity contribution >= 4 is 28.3 Å². The summed E-state index contributed by atoms with van der Waals surface area (Å²) in [5.41, 5.74) is 0.889. The molecule has 5 heteroatoms. The number of aromatic nitrogens is 2. The van der Waals surface area contributed by atoms with Gasteiger partial charge in [-0.25, -0.2) is 4.98 Å². The maximum atomic E-state index is 6.05. The average Bonchev–Trinajstić information content (AvgIpc) is 3.23. The lowest BCUT2D eigenvalue weighted by atomic mass is 10.2. The molecule has 0 N–H and O–H groups in total. The highest BCUT2D eigenvalue weighted by molar-refractivity contribution is 6.28. The number of rotatable bonds is 5. The smallest absolute Gasteiger partial charge is 0.224 e. The van der Waals surface area contributed by atoms with E-state index >= 15 is 0 Å². The lowest BCUT2D eigenvalue weighted by molar-refractivity contribution is 0.205. The van der Waals surface area contributed by atoms with Gasteiger partial charge in [0.05, 0.1) is 12.1 Å². The van der Waals surface area contributed by atoms with Crippen LogP contribution in [-0.2, 0) is 4.74 Å². The molecule has 19 heavy (non-hydrogen) atoms. The lowest BCUT2D eigenvalue weighted by Gasteiger charge is -2.24. The fourth-order valence-electron chi connectivity index (χ4n) is 2.29. The van der Waals surface area contributed by atoms with E-state index in [1.807, 2.05) is 24.3 Å². The number of para-hydroxylation sites is 1. The molecule has 1 aliphatic carbocycles. The summed E-state index contributed by atoms with van der Waals surface area (Å²) in [4.78, 5) is 11.0. The van der Waals surface area contributed by atoms with E-state index < -0.39 is 0 Å². The van der Waals surface area contributed by atoms with E-state index in [1.54, 1.807) is 7.11 Å². The molecule has 0 saturated heterocycles. The highest BCUT2D eigenvalue weighted by atomic mass is 35.5. The van der Waals surface area contributed by atoms with E-state index in [1.165, 1.54) is 12.8 Å². The Kier molecular flexibility index (Phi) is 3.53. The summed E-state index contributed by atoms with van der Waals surface area (Å²) in [6, 6.07) is 8.54. The SMILES string of the molecule is COCCN(c1nc(Cl)nc2ccccc12)C1CC1. The van der Waals surface area contributed by atoms with Crippen LogP contribution in [0.1, 0.15) is 12.8 Å². The van der Waals surface area contributed by atoms with Crippen LogP contribution in [0.3, 0.4) is 0 Å². The highest BCUT2D eigenvalue weighted by Crippen LogP contribution is 2.34. The zero-order chi connectivity index (χ0) is 13.2. The van der Waals surface area contributed by atoms with Crippen LogP contribution in [0.2, 0.25) is 5.28 Å². The first-order valence-electron chi connectivity index (χ1n) is 6.47. The van der Waals surface area contributed by atoms with Crippen LogP contribution in [0.15, 0.2) is 24.3 Å². The second-order valence-corrected chi connectivity index (χ2v) is 5.09. The largest absolute Gasteiger partial charge is 0.383 e. The minimum Gasteiger partial charge on any atom is -0.383 e. The Balaban J connectivity index is 2.05. The monoisotopic (exact) mass is 277 g/mol. The van der Waals surface area contributed by atoms with Crippen molar-refractivity contribution in [3.63, 3.8) is 0 Å². The Morgan fingerprint density at radius 2 is 2.11 bits per heavy atom. The number of nitrogens with zero attached hydrogens (tertiary/aromatic N) is 3. The molecule has 0 bridgehead atoms. The fraction of sp³-hybridized carbons (Fsp3) is 0.429. The van der Waals surface area contributed by atoms with E-state index in [-0.39, 0.29) is 0 Å². The number of ether oxygens (including phenoxy) is 1. The number of methoxy groups -OCH3 is 1. The Hall–Kier alpha value is -1.39. The summed E-state index contributed by atoms with van der Waals surface area (Å²) in [5.74, 6) is 0.926. The van der Waals surface area contributed by atoms with Crippen LogP contribution < -0.4 is 4.90 Å². The zero-order valence-electron chi connectivity index (χ0n) is 10.8. The number of hydrogen-bond acceptors (Lipinski definition) is 4. The molecule has 0 spiro atoms. The summed E-state index contributed by atoms with van der Waals surface area (Å²) < 4.78 is 5.20. The summed E-state index contributed by atoms with van der Waals surface area (Å²) in [6.07, 6.45) is 2.42. The van der Waals surface area contributed by atoms with Crippen LogP contribution in [0.25, 0.3) is 10.9 Å². The summed E-state index contributed by atoms with van der Waals surface area (Å²) in [7, 11) is 1.72. The van der Waals surface area contributed by atoms with Crippen molar-refractivity contribution in [3.8, 4) is 0 Å². The predicted molar refractivity (Wildman–Crippen MR) is 76.8 cm³/mol. The summed E-state index contributed by atoms with van der Waals surface area (Å²) in [6.45, 7) is 1.52. The van der Waals surface area contributed by atoms with Crippen molar-refractivity contribution in [3.05, 3.63) is 29.5 Å². The third-order valence-corrected chi connectivity index (χ3v) is 3.52. The minimum absolute atomic E-state index is 0.303. The van der Waals surface area contributed by atoms with Gasteiger partial charge in [0, 0.05) is 25.1 Å². The number of halogens is 1. The maximum absolute atomic E-state index is 6.05. The number of anilines is 1. The lowest BCUT2D eigenvalue weighted by Crippen LogP contribution is -2.30. The van der Waals surface area contributed by atoms with Gasteiger partial charge in [0.2, 0.25) is 5.28 Å². The van der Waals surface area contributed by atoms with Crippen molar-refractivity contribution in [2.45, 2.75) is 18.9 Å². The van der Waals surface area contributed by atoms with Gasteiger partial charge >= 0.3 is 0 Å². The minimum atomic E-state index is 0.303. The van der Waals surface area contributed by atoms with E-state index in [4.69, 9.17) is 16.3 Å². The van der Waals surface area contributed by atoms with Gasteiger partial charge in [0.15, 0.2) is 0 Å². The summed E-state index contributed by atoms with van der Waals surface area (Å²) in [5, 5.41) is 1.35. The molecule has 1 aromatic heterocycles. The first kappa shape index (κ1) is 12.6. The Labute approximate surface area is 117 Å². The van der Waals surface area contributed by atoms with Crippen molar-refractivity contribution in [2.24, 2.45) is 0 Å². The first-order chi connectivity index (χ1) is 9.29. The van der Waals surface area contributed by atoms with Gasteiger partial charge < -0.3 is 9.64 Å². The number of benzene rings is 1. The second kappa shape index (κ2) is 5.31. The van der Waals surface area contributed by atoms with Crippen LogP contribution in [0, 0.1) is 0 Å². The second-order valence-electron chi connectivity index (χ2n) is 4.75. The van der Waals surface area contributed by atoms with Crippen molar-refractivity contribution in [2.75, 3.05) is 25.2 Å². The number of fused-ring (bicyclic) bond motifs is 1. The van der Waals surface area contributed by atoms with E-state index in [0.29, 0.717) is 17.9 Å². The molecule has 0 atom stereocenters. The van der Waals surface area contributed by atoms with Crippen LogP contribution in [-0.4, -0.2) is 36.3 Å². The van der Waals surface area contributed by atoms with Gasteiger partial charge in [0.1, 0.15) is 5.82 Å². The normalized spacial score (nSPS) is 14.8. The molecule has 0 amide bonds. The molecule has 0 unspecified atom stereocenters. The molecule has 1 aromatic carbocycles. The predicted octanol–water partition coefficient (Wildman–Crippen LogP) is 2.90. The van der Waals surface area contributed by atoms with E-state index in [0.717, 1.165) is 23.3 Å². The Morgan fingerprint density at radius 1 is 1.32 bits per heavy atom. The molecular weight excluding hydrogens is 262 g/mol. The van der Waals surface area contributed by atoms with Crippen molar-refractivity contribution in [1.82, 2.24) is 9.97 Å². The molecule has 100 valence electrons. The third-order valence-electron chi connectivity index (χ3n) is 3.35. The molecule has 3 rings (SSSR count). The molecule has 1 heterocycles. The Morgan fingerprint density at radius 3 is 2.84 bits per heavy atom. The summed E-state index contributed by atoms with van der Waals surface area (Å²) >= 11 is 6.05. The topological polar surface area (TPSA) is 38.2 Å². The molecule has 0 aliphatic heterocycles. The fourth-order valence-corrected chi connectivity index (χ4v) is 2.46. The number of hydrogen-bond donors (Lipinski definition) is 0. The van der Waals surface area contributed by atoms with Gasteiger partial charge in [-0.2, -0.15) is 4.98 Å². The van der Waals surface area contributed by atoms with Crippen LogP contribution in [0.5, 0.6) is 0 Å². The molecular formula is C14H16ClN3O. The van der Waals surface area contributed by atoms with Gasteiger partial charge in [-0.05, 0) is 36.6 Å². The van der Waals surface area contributed by atoms with E-state index in [9.17, 15) is 0 Å². The molecule has 0 radical (unpaired) electrons. The average molecular weight is 278 g/mol. The van der Waals surface area contributed by atoms with Crippen LogP contribution in [0.4, 0.5) is 5.82 Å². The third kappa shape index (κ3) is 2.65. The van der Waals surface area contributed by atoms with Crippen molar-refractivity contribution < 1.29 is 4.74 Å². The van der Waals surface area contributed by atoms with Gasteiger partial charge in [0.25, 0.3) is 0 Å².